The van der Waals surface area contributed by atoms with Crippen LogP contribution in [0.15, 0.2) is 48.6 Å². The summed E-state index contributed by atoms with van der Waals surface area (Å²) >= 11 is 2.56. The number of allylic oxidation sites excluding steroid dienone is 4. The molecule has 0 aliphatic heterocycles. The third-order valence-electron chi connectivity index (χ3n) is 2.90. The van der Waals surface area contributed by atoms with E-state index in [1.165, 1.54) is 23.5 Å². The number of thioether (sulfide) groups is 2. The molecule has 0 spiro atoms. The van der Waals surface area contributed by atoms with E-state index in [4.69, 9.17) is 0 Å². The van der Waals surface area contributed by atoms with Crippen LogP contribution in [0.3, 0.4) is 0 Å². The lowest BCUT2D eigenvalue weighted by Gasteiger charge is -2.30. The molecule has 0 saturated carbocycles. The number of carbonyl (C=O) groups is 2. The molecule has 0 aromatic carbocycles. The first-order valence-electron chi connectivity index (χ1n) is 6.36. The second-order valence-corrected chi connectivity index (χ2v) is 6.96. The van der Waals surface area contributed by atoms with Crippen molar-refractivity contribution in [3.8, 4) is 0 Å². The summed E-state index contributed by atoms with van der Waals surface area (Å²) in [5, 5.41) is 0.0344. The summed E-state index contributed by atoms with van der Waals surface area (Å²) < 4.78 is 0. The SMILES string of the molecule is C=C(C)C(=O)SCC1(CSC(=O)C(=C)C)C=CC=CC1. The van der Waals surface area contributed by atoms with E-state index in [1.807, 2.05) is 12.2 Å². The third-order valence-corrected chi connectivity index (χ3v) is 5.56. The molecule has 2 nitrogen and oxygen atoms in total. The Morgan fingerprint density at radius 1 is 1.05 bits per heavy atom. The van der Waals surface area contributed by atoms with Crippen LogP contribution in [0.1, 0.15) is 20.3 Å². The summed E-state index contributed by atoms with van der Waals surface area (Å²) in [6, 6.07) is 0. The summed E-state index contributed by atoms with van der Waals surface area (Å²) in [6.45, 7) is 10.8. The topological polar surface area (TPSA) is 34.1 Å². The first kappa shape index (κ1) is 17.1. The summed E-state index contributed by atoms with van der Waals surface area (Å²) in [6.07, 6.45) is 9.01. The van der Waals surface area contributed by atoms with Crippen molar-refractivity contribution in [1.29, 1.82) is 0 Å². The zero-order chi connectivity index (χ0) is 15.2. The number of hydrogen-bond acceptors (Lipinski definition) is 4. The average Bonchev–Trinajstić information content (AvgIpc) is 2.43. The van der Waals surface area contributed by atoms with E-state index in [2.05, 4.69) is 25.3 Å². The van der Waals surface area contributed by atoms with Gasteiger partial charge in [-0.05, 0) is 31.4 Å². The predicted molar refractivity (Wildman–Crippen MR) is 89.9 cm³/mol. The van der Waals surface area contributed by atoms with Gasteiger partial charge in [0.25, 0.3) is 0 Å². The van der Waals surface area contributed by atoms with Crippen molar-refractivity contribution in [1.82, 2.24) is 0 Å². The molecule has 0 atom stereocenters. The summed E-state index contributed by atoms with van der Waals surface area (Å²) in [4.78, 5) is 23.4. The summed E-state index contributed by atoms with van der Waals surface area (Å²) in [5.41, 5.74) is 0.970. The minimum Gasteiger partial charge on any atom is -0.282 e. The average molecular weight is 308 g/mol. The molecule has 0 fully saturated rings. The Balaban J connectivity index is 2.67. The highest BCUT2D eigenvalue weighted by Gasteiger charge is 2.29. The van der Waals surface area contributed by atoms with Crippen LogP contribution in [0.25, 0.3) is 0 Å². The minimum absolute atomic E-state index is 0.0172. The lowest BCUT2D eigenvalue weighted by molar-refractivity contribution is -0.108. The van der Waals surface area contributed by atoms with Gasteiger partial charge in [-0.15, -0.1) is 0 Å². The van der Waals surface area contributed by atoms with Gasteiger partial charge in [-0.2, -0.15) is 0 Å². The van der Waals surface area contributed by atoms with Gasteiger partial charge in [0.2, 0.25) is 10.2 Å². The number of carbonyl (C=O) groups excluding carboxylic acids is 2. The molecular formula is C16H20O2S2. The molecule has 0 heterocycles. The number of rotatable bonds is 6. The van der Waals surface area contributed by atoms with E-state index in [0.29, 0.717) is 22.7 Å². The fourth-order valence-corrected chi connectivity index (χ4v) is 3.72. The van der Waals surface area contributed by atoms with Crippen molar-refractivity contribution in [3.05, 3.63) is 48.6 Å². The predicted octanol–water partition coefficient (Wildman–Crippen LogP) is 4.16. The van der Waals surface area contributed by atoms with Gasteiger partial charge < -0.3 is 0 Å². The van der Waals surface area contributed by atoms with Gasteiger partial charge in [-0.25, -0.2) is 0 Å². The Hall–Kier alpha value is -1.00. The molecule has 0 N–H and O–H groups in total. The van der Waals surface area contributed by atoms with E-state index in [1.54, 1.807) is 13.8 Å². The number of hydrogen-bond donors (Lipinski definition) is 0. The maximum absolute atomic E-state index is 11.7. The van der Waals surface area contributed by atoms with E-state index < -0.39 is 0 Å². The van der Waals surface area contributed by atoms with Crippen LogP contribution >= 0.6 is 23.5 Å². The van der Waals surface area contributed by atoms with Crippen molar-refractivity contribution in [2.24, 2.45) is 5.41 Å². The van der Waals surface area contributed by atoms with Crippen LogP contribution in [-0.4, -0.2) is 21.7 Å². The zero-order valence-corrected chi connectivity index (χ0v) is 13.6. The van der Waals surface area contributed by atoms with Crippen LogP contribution in [0.5, 0.6) is 0 Å². The van der Waals surface area contributed by atoms with Crippen molar-refractivity contribution < 1.29 is 9.59 Å². The maximum Gasteiger partial charge on any atom is 0.214 e. The second-order valence-electron chi connectivity index (χ2n) is 5.07. The van der Waals surface area contributed by atoms with Gasteiger partial charge in [-0.1, -0.05) is 61.0 Å². The first-order valence-corrected chi connectivity index (χ1v) is 8.33. The molecule has 0 radical (unpaired) electrons. The van der Waals surface area contributed by atoms with Gasteiger partial charge in [0.05, 0.1) is 0 Å². The Kier molecular flexibility index (Phi) is 6.56. The zero-order valence-electron chi connectivity index (χ0n) is 12.0. The molecule has 1 aliphatic rings. The van der Waals surface area contributed by atoms with Gasteiger partial charge in [0, 0.05) is 16.9 Å². The van der Waals surface area contributed by atoms with Gasteiger partial charge >= 0.3 is 0 Å². The van der Waals surface area contributed by atoms with Crippen molar-refractivity contribution in [2.45, 2.75) is 20.3 Å². The Bertz CT molecular complexity index is 457. The Morgan fingerprint density at radius 3 is 1.90 bits per heavy atom. The van der Waals surface area contributed by atoms with Crippen molar-refractivity contribution in [3.63, 3.8) is 0 Å². The van der Waals surface area contributed by atoms with E-state index in [0.717, 1.165) is 6.42 Å². The molecule has 108 valence electrons. The molecule has 4 heteroatoms. The maximum atomic E-state index is 11.7. The fraction of sp³-hybridized carbons (Fsp3) is 0.375. The molecule has 0 unspecified atom stereocenters. The van der Waals surface area contributed by atoms with Crippen molar-refractivity contribution >= 4 is 33.8 Å². The van der Waals surface area contributed by atoms with Gasteiger partial charge in [0.15, 0.2) is 0 Å². The molecule has 0 saturated heterocycles. The monoisotopic (exact) mass is 308 g/mol. The lowest BCUT2D eigenvalue weighted by Crippen LogP contribution is -2.26. The van der Waals surface area contributed by atoms with Gasteiger partial charge in [-0.3, -0.25) is 9.59 Å². The molecule has 0 aromatic heterocycles. The van der Waals surface area contributed by atoms with Gasteiger partial charge in [0.1, 0.15) is 0 Å². The smallest absolute Gasteiger partial charge is 0.214 e. The van der Waals surface area contributed by atoms with Crippen LogP contribution in [0, 0.1) is 5.41 Å². The van der Waals surface area contributed by atoms with Crippen molar-refractivity contribution in [2.75, 3.05) is 11.5 Å². The van der Waals surface area contributed by atoms with E-state index in [9.17, 15) is 9.59 Å². The molecular weight excluding hydrogens is 288 g/mol. The van der Waals surface area contributed by atoms with Crippen LogP contribution < -0.4 is 0 Å². The molecule has 1 aliphatic carbocycles. The van der Waals surface area contributed by atoms with Crippen LogP contribution in [0.4, 0.5) is 0 Å². The lowest BCUT2D eigenvalue weighted by atomic mass is 9.86. The molecule has 0 aromatic rings. The Morgan fingerprint density at radius 2 is 1.55 bits per heavy atom. The third kappa shape index (κ3) is 5.17. The highest BCUT2D eigenvalue weighted by molar-refractivity contribution is 8.15. The van der Waals surface area contributed by atoms with Crippen LogP contribution in [-0.2, 0) is 9.59 Å². The van der Waals surface area contributed by atoms with E-state index in [-0.39, 0.29) is 15.6 Å². The summed E-state index contributed by atoms with van der Waals surface area (Å²) in [7, 11) is 0. The van der Waals surface area contributed by atoms with Crippen LogP contribution in [0.2, 0.25) is 0 Å². The molecule has 1 rings (SSSR count). The molecule has 0 amide bonds. The highest BCUT2D eigenvalue weighted by atomic mass is 32.2. The molecule has 20 heavy (non-hydrogen) atoms. The standard InChI is InChI=1S/C16H20O2S2/c1-12(2)14(17)19-10-16(8-6-5-7-9-16)11-20-15(18)13(3)4/h5-8H,1,3,9-11H2,2,4H3. The Labute approximate surface area is 129 Å². The minimum atomic E-state index is -0.152. The molecule has 0 bridgehead atoms. The van der Waals surface area contributed by atoms with E-state index >= 15 is 0 Å². The normalized spacial score (nSPS) is 15.9. The second kappa shape index (κ2) is 7.70. The highest BCUT2D eigenvalue weighted by Crippen LogP contribution is 2.36. The first-order chi connectivity index (χ1) is 9.36. The fourth-order valence-electron chi connectivity index (χ4n) is 1.63. The summed E-state index contributed by atoms with van der Waals surface area (Å²) in [5.74, 6) is 1.33. The quantitative estimate of drug-likeness (QED) is 0.690. The largest absolute Gasteiger partial charge is 0.282 e.